The summed E-state index contributed by atoms with van der Waals surface area (Å²) in [6.45, 7) is 1.83. The molecule has 2 rings (SSSR count). The van der Waals surface area contributed by atoms with Crippen LogP contribution in [0, 0.1) is 6.92 Å². The Morgan fingerprint density at radius 2 is 2.24 bits per heavy atom. The van der Waals surface area contributed by atoms with Gasteiger partial charge in [-0.1, -0.05) is 17.7 Å². The molecule has 0 spiro atoms. The smallest absolute Gasteiger partial charge is 0.235 e. The Balaban J connectivity index is 2.03. The number of hydrogen-bond acceptors (Lipinski definition) is 3. The van der Waals surface area contributed by atoms with Crippen LogP contribution in [-0.4, -0.2) is 12.4 Å². The van der Waals surface area contributed by atoms with Crippen LogP contribution in [0.3, 0.4) is 0 Å². The molecule has 4 heteroatoms. The molecule has 17 heavy (non-hydrogen) atoms. The molecule has 0 aliphatic carbocycles. The molecule has 0 bridgehead atoms. The van der Waals surface area contributed by atoms with Gasteiger partial charge in [-0.25, -0.2) is 0 Å². The Morgan fingerprint density at radius 3 is 2.94 bits per heavy atom. The van der Waals surface area contributed by atoms with Crippen molar-refractivity contribution in [3.05, 3.63) is 52.9 Å². The Morgan fingerprint density at radius 1 is 1.41 bits per heavy atom. The van der Waals surface area contributed by atoms with E-state index < -0.39 is 0 Å². The molecule has 0 fully saturated rings. The molecule has 0 amide bonds. The lowest BCUT2D eigenvalue weighted by atomic mass is 10.2. The number of benzene rings is 1. The van der Waals surface area contributed by atoms with E-state index in [2.05, 4.69) is 0 Å². The van der Waals surface area contributed by atoms with Gasteiger partial charge in [0, 0.05) is 5.02 Å². The van der Waals surface area contributed by atoms with Gasteiger partial charge in [0.1, 0.15) is 5.75 Å². The molecule has 0 unspecified atom stereocenters. The lowest BCUT2D eigenvalue weighted by Crippen LogP contribution is -2.11. The third-order valence-corrected chi connectivity index (χ3v) is 2.54. The van der Waals surface area contributed by atoms with E-state index in [1.54, 1.807) is 24.3 Å². The van der Waals surface area contributed by atoms with E-state index in [1.165, 1.54) is 6.26 Å². The first-order valence-corrected chi connectivity index (χ1v) is 5.50. The second kappa shape index (κ2) is 5.06. The van der Waals surface area contributed by atoms with Crippen LogP contribution < -0.4 is 4.74 Å². The molecule has 0 aliphatic rings. The quantitative estimate of drug-likeness (QED) is 0.780. The summed E-state index contributed by atoms with van der Waals surface area (Å²) in [4.78, 5) is 11.6. The highest BCUT2D eigenvalue weighted by Crippen LogP contribution is 2.22. The molecule has 1 aromatic carbocycles. The highest BCUT2D eigenvalue weighted by Gasteiger charge is 2.10. The fraction of sp³-hybridized carbons (Fsp3) is 0.154. The number of furan rings is 1. The van der Waals surface area contributed by atoms with Gasteiger partial charge in [0.15, 0.2) is 12.4 Å². The van der Waals surface area contributed by atoms with Gasteiger partial charge in [0.2, 0.25) is 5.78 Å². The highest BCUT2D eigenvalue weighted by atomic mass is 35.5. The third-order valence-electron chi connectivity index (χ3n) is 2.30. The number of hydrogen-bond donors (Lipinski definition) is 0. The van der Waals surface area contributed by atoms with Crippen molar-refractivity contribution in [1.29, 1.82) is 0 Å². The van der Waals surface area contributed by atoms with Crippen molar-refractivity contribution in [3.8, 4) is 5.75 Å². The average Bonchev–Trinajstić information content (AvgIpc) is 2.83. The van der Waals surface area contributed by atoms with Crippen LogP contribution in [0.15, 0.2) is 41.0 Å². The van der Waals surface area contributed by atoms with E-state index in [0.29, 0.717) is 16.5 Å². The summed E-state index contributed by atoms with van der Waals surface area (Å²) in [5.41, 5.74) is 0.932. The Hall–Kier alpha value is -1.74. The molecule has 0 radical (unpaired) electrons. The standard InChI is InChI=1S/C13H11ClO3/c1-9-4-5-10(14)7-13(9)17-8-11(15)12-3-2-6-16-12/h2-7H,8H2,1H3. The van der Waals surface area contributed by atoms with Gasteiger partial charge >= 0.3 is 0 Å². The molecular weight excluding hydrogens is 240 g/mol. The van der Waals surface area contributed by atoms with Crippen LogP contribution in [0.1, 0.15) is 16.1 Å². The normalized spacial score (nSPS) is 10.2. The summed E-state index contributed by atoms with van der Waals surface area (Å²) in [6, 6.07) is 8.58. The first-order valence-electron chi connectivity index (χ1n) is 5.12. The molecule has 2 aromatic rings. The Labute approximate surface area is 104 Å². The minimum atomic E-state index is -0.200. The number of halogens is 1. The summed E-state index contributed by atoms with van der Waals surface area (Å²) >= 11 is 5.85. The number of carbonyl (C=O) groups is 1. The van der Waals surface area contributed by atoms with Crippen molar-refractivity contribution >= 4 is 17.4 Å². The fourth-order valence-electron chi connectivity index (χ4n) is 1.38. The van der Waals surface area contributed by atoms with Crippen molar-refractivity contribution in [1.82, 2.24) is 0 Å². The summed E-state index contributed by atoms with van der Waals surface area (Å²) < 4.78 is 10.4. The van der Waals surface area contributed by atoms with Crippen molar-refractivity contribution in [2.45, 2.75) is 6.92 Å². The SMILES string of the molecule is Cc1ccc(Cl)cc1OCC(=O)c1ccco1. The zero-order chi connectivity index (χ0) is 12.3. The van der Waals surface area contributed by atoms with E-state index in [-0.39, 0.29) is 12.4 Å². The van der Waals surface area contributed by atoms with Gasteiger partial charge in [-0.2, -0.15) is 0 Å². The predicted molar refractivity (Wildman–Crippen MR) is 64.7 cm³/mol. The van der Waals surface area contributed by atoms with Crippen LogP contribution >= 0.6 is 11.6 Å². The van der Waals surface area contributed by atoms with Gasteiger partial charge in [-0.15, -0.1) is 0 Å². The topological polar surface area (TPSA) is 39.4 Å². The minimum Gasteiger partial charge on any atom is -0.485 e. The molecule has 0 atom stereocenters. The second-order valence-corrected chi connectivity index (χ2v) is 4.04. The number of aryl methyl sites for hydroxylation is 1. The zero-order valence-electron chi connectivity index (χ0n) is 9.27. The van der Waals surface area contributed by atoms with Crippen LogP contribution in [-0.2, 0) is 0 Å². The lowest BCUT2D eigenvalue weighted by Gasteiger charge is -2.07. The average molecular weight is 251 g/mol. The number of Topliss-reactive ketones (excluding diaryl/α,β-unsaturated/α-hetero) is 1. The summed E-state index contributed by atoms with van der Waals surface area (Å²) in [7, 11) is 0. The number of carbonyl (C=O) groups excluding carboxylic acids is 1. The first-order chi connectivity index (χ1) is 8.16. The fourth-order valence-corrected chi connectivity index (χ4v) is 1.54. The Bertz CT molecular complexity index is 517. The maximum Gasteiger partial charge on any atom is 0.235 e. The van der Waals surface area contributed by atoms with E-state index in [1.807, 2.05) is 13.0 Å². The predicted octanol–water partition coefficient (Wildman–Crippen LogP) is 3.50. The summed E-state index contributed by atoms with van der Waals surface area (Å²) in [5, 5.41) is 0.580. The molecule has 88 valence electrons. The monoisotopic (exact) mass is 250 g/mol. The van der Waals surface area contributed by atoms with Gasteiger partial charge in [-0.05, 0) is 36.8 Å². The summed E-state index contributed by atoms with van der Waals surface area (Å²) in [6.07, 6.45) is 1.46. The molecule has 0 N–H and O–H groups in total. The summed E-state index contributed by atoms with van der Waals surface area (Å²) in [5.74, 6) is 0.705. The van der Waals surface area contributed by atoms with Crippen LogP contribution in [0.25, 0.3) is 0 Å². The van der Waals surface area contributed by atoms with E-state index in [4.69, 9.17) is 20.8 Å². The maximum absolute atomic E-state index is 11.6. The van der Waals surface area contributed by atoms with Gasteiger partial charge in [-0.3, -0.25) is 4.79 Å². The second-order valence-electron chi connectivity index (χ2n) is 3.60. The minimum absolute atomic E-state index is 0.0608. The van der Waals surface area contributed by atoms with Crippen LogP contribution in [0.4, 0.5) is 0 Å². The van der Waals surface area contributed by atoms with Crippen molar-refractivity contribution in [3.63, 3.8) is 0 Å². The maximum atomic E-state index is 11.6. The number of ketones is 1. The largest absolute Gasteiger partial charge is 0.485 e. The molecule has 0 aliphatic heterocycles. The number of ether oxygens (including phenoxy) is 1. The van der Waals surface area contributed by atoms with Gasteiger partial charge in [0.25, 0.3) is 0 Å². The van der Waals surface area contributed by atoms with Crippen LogP contribution in [0.2, 0.25) is 5.02 Å². The third kappa shape index (κ3) is 2.88. The lowest BCUT2D eigenvalue weighted by molar-refractivity contribution is 0.0893. The van der Waals surface area contributed by atoms with Crippen molar-refractivity contribution in [2.75, 3.05) is 6.61 Å². The van der Waals surface area contributed by atoms with E-state index >= 15 is 0 Å². The Kier molecular flexibility index (Phi) is 3.49. The van der Waals surface area contributed by atoms with E-state index in [9.17, 15) is 4.79 Å². The highest BCUT2D eigenvalue weighted by molar-refractivity contribution is 6.30. The van der Waals surface area contributed by atoms with Crippen LogP contribution in [0.5, 0.6) is 5.75 Å². The zero-order valence-corrected chi connectivity index (χ0v) is 10.0. The molecule has 1 heterocycles. The first kappa shape index (κ1) is 11.7. The van der Waals surface area contributed by atoms with E-state index in [0.717, 1.165) is 5.56 Å². The van der Waals surface area contributed by atoms with Crippen molar-refractivity contribution < 1.29 is 13.9 Å². The molecular formula is C13H11ClO3. The van der Waals surface area contributed by atoms with Crippen molar-refractivity contribution in [2.24, 2.45) is 0 Å². The molecule has 1 aromatic heterocycles. The number of rotatable bonds is 4. The molecule has 0 saturated carbocycles. The van der Waals surface area contributed by atoms with Gasteiger partial charge < -0.3 is 9.15 Å². The molecule has 3 nitrogen and oxygen atoms in total. The molecule has 0 saturated heterocycles. The van der Waals surface area contributed by atoms with Gasteiger partial charge in [0.05, 0.1) is 6.26 Å².